The number of hydrogen-bond acceptors (Lipinski definition) is 7. The second kappa shape index (κ2) is 11.6. The van der Waals surface area contributed by atoms with Crippen LogP contribution in [0, 0.1) is 0 Å². The number of phenolic OH excluding ortho intramolecular Hbond substituents is 1. The molecule has 2 aromatic rings. The van der Waals surface area contributed by atoms with E-state index in [9.17, 15) is 14.7 Å². The van der Waals surface area contributed by atoms with E-state index in [1.807, 2.05) is 11.0 Å². The molecule has 2 heterocycles. The Morgan fingerprint density at radius 1 is 1.29 bits per heavy atom. The highest BCUT2D eigenvalue weighted by Gasteiger charge is 2.37. The fourth-order valence-electron chi connectivity index (χ4n) is 3.63. The number of nitrogens with zero attached hydrogens (tertiary/aromatic N) is 2. The number of aromatic nitrogens is 1. The van der Waals surface area contributed by atoms with Gasteiger partial charge in [-0.2, -0.15) is 11.8 Å². The lowest BCUT2D eigenvalue weighted by Gasteiger charge is -2.36. The van der Waals surface area contributed by atoms with Gasteiger partial charge < -0.3 is 19.2 Å². The van der Waals surface area contributed by atoms with E-state index in [1.54, 1.807) is 36.2 Å². The van der Waals surface area contributed by atoms with E-state index >= 15 is 0 Å². The maximum Gasteiger partial charge on any atom is 0.256 e. The van der Waals surface area contributed by atoms with Crippen molar-refractivity contribution in [1.82, 2.24) is 9.88 Å². The second-order valence-corrected chi connectivity index (χ2v) is 16.2. The standard InChI is InChI=1S/C26H36N2O5SSi/c1-26(2,3)35(4,5)33-14-11-22-20(8-7-12-27-22)25(31)28-13-15-34-18-19(28)17-32-24-10-6-9-23(30)21(24)16-29/h6-10,12,16,19,30H,11,13-15,17-18H2,1-5H3/t19-/m1/s1. The molecule has 1 saturated heterocycles. The van der Waals surface area contributed by atoms with Crippen LogP contribution in [-0.2, 0) is 10.8 Å². The van der Waals surface area contributed by atoms with Crippen molar-refractivity contribution in [3.05, 3.63) is 53.3 Å². The quantitative estimate of drug-likeness (QED) is 0.378. The molecule has 1 amide bonds. The van der Waals surface area contributed by atoms with E-state index in [0.29, 0.717) is 37.2 Å². The second-order valence-electron chi connectivity index (χ2n) is 10.2. The van der Waals surface area contributed by atoms with E-state index in [-0.39, 0.29) is 34.9 Å². The molecule has 0 bridgehead atoms. The van der Waals surface area contributed by atoms with Crippen molar-refractivity contribution in [2.45, 2.75) is 51.4 Å². The molecule has 0 aliphatic carbocycles. The number of hydrogen-bond donors (Lipinski definition) is 1. The molecule has 7 nitrogen and oxygen atoms in total. The largest absolute Gasteiger partial charge is 0.507 e. The summed E-state index contributed by atoms with van der Waals surface area (Å²) in [6.45, 7) is 12.4. The average molecular weight is 517 g/mol. The summed E-state index contributed by atoms with van der Waals surface area (Å²) >= 11 is 1.77. The number of ether oxygens (including phenoxy) is 1. The Morgan fingerprint density at radius 2 is 2.06 bits per heavy atom. The SMILES string of the molecule is CC(C)(C)[Si](C)(C)OCCc1ncccc1C(=O)N1CCSC[C@H]1COc1cccc(O)c1C=O. The Kier molecular flexibility index (Phi) is 9.01. The van der Waals surface area contributed by atoms with Crippen LogP contribution in [-0.4, -0.2) is 72.8 Å². The van der Waals surface area contributed by atoms with Crippen molar-refractivity contribution in [3.8, 4) is 11.5 Å². The van der Waals surface area contributed by atoms with Crippen molar-refractivity contribution < 1.29 is 23.9 Å². The molecule has 0 saturated carbocycles. The molecule has 190 valence electrons. The summed E-state index contributed by atoms with van der Waals surface area (Å²) in [7, 11) is -1.89. The number of aldehydes is 1. The van der Waals surface area contributed by atoms with Gasteiger partial charge >= 0.3 is 0 Å². The van der Waals surface area contributed by atoms with Crippen LogP contribution in [0.3, 0.4) is 0 Å². The van der Waals surface area contributed by atoms with Gasteiger partial charge in [0.2, 0.25) is 0 Å². The Labute approximate surface area is 213 Å². The minimum absolute atomic E-state index is 0.0687. The van der Waals surface area contributed by atoms with Crippen LogP contribution in [0.1, 0.15) is 47.2 Å². The Balaban J connectivity index is 1.71. The van der Waals surface area contributed by atoms with Gasteiger partial charge in [-0.25, -0.2) is 0 Å². The highest BCUT2D eigenvalue weighted by molar-refractivity contribution is 7.99. The number of thioether (sulfide) groups is 1. The van der Waals surface area contributed by atoms with Crippen LogP contribution in [0.15, 0.2) is 36.5 Å². The topological polar surface area (TPSA) is 89.0 Å². The van der Waals surface area contributed by atoms with Crippen LogP contribution >= 0.6 is 11.8 Å². The van der Waals surface area contributed by atoms with Gasteiger partial charge in [0.05, 0.1) is 22.9 Å². The summed E-state index contributed by atoms with van der Waals surface area (Å²) in [5, 5.41) is 10.0. The minimum Gasteiger partial charge on any atom is -0.507 e. The van der Waals surface area contributed by atoms with E-state index < -0.39 is 8.32 Å². The van der Waals surface area contributed by atoms with E-state index in [4.69, 9.17) is 9.16 Å². The molecule has 0 radical (unpaired) electrons. The summed E-state index contributed by atoms with van der Waals surface area (Å²) in [5.74, 6) is 1.69. The van der Waals surface area contributed by atoms with Crippen molar-refractivity contribution in [2.75, 3.05) is 31.3 Å². The van der Waals surface area contributed by atoms with Crippen LogP contribution in [0.25, 0.3) is 0 Å². The third-order valence-electron chi connectivity index (χ3n) is 6.81. The van der Waals surface area contributed by atoms with Crippen LogP contribution < -0.4 is 4.74 Å². The molecule has 3 rings (SSSR count). The van der Waals surface area contributed by atoms with Gasteiger partial charge in [0.15, 0.2) is 14.6 Å². The fourth-order valence-corrected chi connectivity index (χ4v) is 5.72. The lowest BCUT2D eigenvalue weighted by molar-refractivity contribution is 0.0645. The predicted octanol–water partition coefficient (Wildman–Crippen LogP) is 4.80. The Morgan fingerprint density at radius 3 is 2.77 bits per heavy atom. The molecule has 0 spiro atoms. The number of carbonyl (C=O) groups is 2. The number of carbonyl (C=O) groups excluding carboxylic acids is 2. The summed E-state index contributed by atoms with van der Waals surface area (Å²) in [5.41, 5.74) is 1.45. The third kappa shape index (κ3) is 6.65. The van der Waals surface area contributed by atoms with E-state index in [2.05, 4.69) is 38.8 Å². The lowest BCUT2D eigenvalue weighted by Crippen LogP contribution is -2.49. The molecule has 1 aromatic carbocycles. The zero-order valence-corrected chi connectivity index (χ0v) is 23.1. The van der Waals surface area contributed by atoms with Gasteiger partial charge in [-0.15, -0.1) is 0 Å². The number of aromatic hydroxyl groups is 1. The first-order valence-electron chi connectivity index (χ1n) is 11.9. The maximum atomic E-state index is 13.6. The first-order chi connectivity index (χ1) is 16.5. The number of benzene rings is 1. The first kappa shape index (κ1) is 27.2. The van der Waals surface area contributed by atoms with E-state index in [0.717, 1.165) is 17.2 Å². The lowest BCUT2D eigenvalue weighted by atomic mass is 10.1. The van der Waals surface area contributed by atoms with Gasteiger partial charge in [-0.3, -0.25) is 14.6 Å². The number of rotatable bonds is 9. The third-order valence-corrected chi connectivity index (χ3v) is 12.4. The van der Waals surface area contributed by atoms with Gasteiger partial charge in [-0.1, -0.05) is 26.8 Å². The molecule has 0 unspecified atom stereocenters. The van der Waals surface area contributed by atoms with Crippen LogP contribution in [0.5, 0.6) is 11.5 Å². The highest BCUT2D eigenvalue weighted by atomic mass is 32.2. The van der Waals surface area contributed by atoms with Gasteiger partial charge in [0.1, 0.15) is 18.1 Å². The molecule has 1 fully saturated rings. The first-order valence-corrected chi connectivity index (χ1v) is 16.0. The Hall–Kier alpha value is -2.36. The summed E-state index contributed by atoms with van der Waals surface area (Å²) in [6.07, 6.45) is 2.87. The zero-order chi connectivity index (χ0) is 25.6. The average Bonchev–Trinajstić information content (AvgIpc) is 2.82. The molecular formula is C26H36N2O5SSi. The molecular weight excluding hydrogens is 480 g/mol. The molecule has 1 aliphatic heterocycles. The van der Waals surface area contributed by atoms with Gasteiger partial charge in [-0.05, 0) is 42.4 Å². The molecule has 1 atom stereocenters. The molecule has 1 aromatic heterocycles. The summed E-state index contributed by atoms with van der Waals surface area (Å²) in [6, 6.07) is 8.17. The fraction of sp³-hybridized carbons (Fsp3) is 0.500. The highest BCUT2D eigenvalue weighted by Crippen LogP contribution is 2.36. The minimum atomic E-state index is -1.89. The molecule has 1 N–H and O–H groups in total. The molecule has 35 heavy (non-hydrogen) atoms. The van der Waals surface area contributed by atoms with Crippen molar-refractivity contribution in [3.63, 3.8) is 0 Å². The monoisotopic (exact) mass is 516 g/mol. The normalized spacial score (nSPS) is 16.7. The van der Waals surface area contributed by atoms with Crippen molar-refractivity contribution in [2.24, 2.45) is 0 Å². The maximum absolute atomic E-state index is 13.6. The zero-order valence-electron chi connectivity index (χ0n) is 21.2. The molecule has 9 heteroatoms. The predicted molar refractivity (Wildman–Crippen MR) is 142 cm³/mol. The van der Waals surface area contributed by atoms with E-state index in [1.165, 1.54) is 6.07 Å². The van der Waals surface area contributed by atoms with Crippen LogP contribution in [0.4, 0.5) is 0 Å². The molecule has 1 aliphatic rings. The Bertz CT molecular complexity index is 1040. The van der Waals surface area contributed by atoms with Gasteiger partial charge in [0, 0.05) is 37.3 Å². The van der Waals surface area contributed by atoms with Gasteiger partial charge in [0.25, 0.3) is 5.91 Å². The van der Waals surface area contributed by atoms with Crippen LogP contribution in [0.2, 0.25) is 18.1 Å². The number of phenols is 1. The summed E-state index contributed by atoms with van der Waals surface area (Å²) < 4.78 is 12.2. The number of amides is 1. The smallest absolute Gasteiger partial charge is 0.256 e. The van der Waals surface area contributed by atoms with Crippen molar-refractivity contribution in [1.29, 1.82) is 0 Å². The van der Waals surface area contributed by atoms with Crippen molar-refractivity contribution >= 4 is 32.3 Å². The number of pyridine rings is 1. The summed E-state index contributed by atoms with van der Waals surface area (Å²) in [4.78, 5) is 31.4.